The van der Waals surface area contributed by atoms with Gasteiger partial charge in [0.25, 0.3) is 5.69 Å². The average molecular weight is 291 g/mol. The van der Waals surface area contributed by atoms with Crippen molar-refractivity contribution in [3.63, 3.8) is 0 Å². The van der Waals surface area contributed by atoms with E-state index < -0.39 is 4.92 Å². The second kappa shape index (κ2) is 5.74. The molecule has 2 aromatic rings. The summed E-state index contributed by atoms with van der Waals surface area (Å²) in [6, 6.07) is 13.4. The number of nitriles is 1. The van der Waals surface area contributed by atoms with Crippen LogP contribution in [-0.2, 0) is 0 Å². The van der Waals surface area contributed by atoms with Gasteiger partial charge in [-0.25, -0.2) is 0 Å². The second-order valence-corrected chi connectivity index (χ2v) is 5.13. The van der Waals surface area contributed by atoms with Crippen molar-refractivity contribution < 1.29 is 4.92 Å². The number of hydrogen-bond acceptors (Lipinski definition) is 4. The molecule has 0 heterocycles. The molecule has 94 valence electrons. The van der Waals surface area contributed by atoms with Gasteiger partial charge < -0.3 is 0 Å². The first kappa shape index (κ1) is 13.4. The normalized spacial score (nSPS) is 9.89. The molecule has 0 aromatic heterocycles. The zero-order chi connectivity index (χ0) is 13.8. The van der Waals surface area contributed by atoms with E-state index in [1.807, 2.05) is 6.07 Å². The SMILES string of the molecule is N#Cc1ccc(Sc2ccc([N+](=O)[O-])cc2Cl)cc1. The van der Waals surface area contributed by atoms with Gasteiger partial charge in [0.2, 0.25) is 0 Å². The molecule has 0 saturated carbocycles. The number of non-ortho nitro benzene ring substituents is 1. The smallest absolute Gasteiger partial charge is 0.258 e. The van der Waals surface area contributed by atoms with Gasteiger partial charge in [-0.05, 0) is 30.3 Å². The topological polar surface area (TPSA) is 66.9 Å². The van der Waals surface area contributed by atoms with Crippen LogP contribution in [0.5, 0.6) is 0 Å². The molecule has 0 aliphatic heterocycles. The van der Waals surface area contributed by atoms with Crippen LogP contribution in [-0.4, -0.2) is 4.92 Å². The molecular weight excluding hydrogens is 284 g/mol. The average Bonchev–Trinajstić information content (AvgIpc) is 2.41. The molecule has 0 spiro atoms. The largest absolute Gasteiger partial charge is 0.270 e. The van der Waals surface area contributed by atoms with Crippen molar-refractivity contribution in [3.8, 4) is 6.07 Å². The lowest BCUT2D eigenvalue weighted by Gasteiger charge is -2.04. The van der Waals surface area contributed by atoms with Crippen molar-refractivity contribution in [2.24, 2.45) is 0 Å². The highest BCUT2D eigenvalue weighted by atomic mass is 35.5. The zero-order valence-electron chi connectivity index (χ0n) is 9.54. The molecule has 0 radical (unpaired) electrons. The molecule has 4 nitrogen and oxygen atoms in total. The fraction of sp³-hybridized carbons (Fsp3) is 0. The number of halogens is 1. The highest BCUT2D eigenvalue weighted by Gasteiger charge is 2.10. The molecule has 0 amide bonds. The molecule has 0 fully saturated rings. The summed E-state index contributed by atoms with van der Waals surface area (Å²) in [6.45, 7) is 0. The summed E-state index contributed by atoms with van der Waals surface area (Å²) in [5.41, 5.74) is 0.549. The summed E-state index contributed by atoms with van der Waals surface area (Å²) in [5.74, 6) is 0. The van der Waals surface area contributed by atoms with Gasteiger partial charge in [-0.1, -0.05) is 23.4 Å². The molecule has 0 atom stereocenters. The molecule has 0 N–H and O–H groups in total. The number of nitro groups is 1. The molecule has 2 aromatic carbocycles. The molecule has 0 unspecified atom stereocenters. The van der Waals surface area contributed by atoms with Crippen molar-refractivity contribution in [2.75, 3.05) is 0 Å². The minimum Gasteiger partial charge on any atom is -0.258 e. The lowest BCUT2D eigenvalue weighted by atomic mass is 10.2. The summed E-state index contributed by atoms with van der Waals surface area (Å²) in [7, 11) is 0. The minimum absolute atomic E-state index is 0.0332. The van der Waals surface area contributed by atoms with Crippen LogP contribution in [0.3, 0.4) is 0 Å². The molecule has 0 bridgehead atoms. The van der Waals surface area contributed by atoms with E-state index in [2.05, 4.69) is 0 Å². The van der Waals surface area contributed by atoms with Crippen LogP contribution in [0.15, 0.2) is 52.3 Å². The summed E-state index contributed by atoms with van der Waals surface area (Å²) in [4.78, 5) is 11.8. The minimum atomic E-state index is -0.484. The maximum atomic E-state index is 10.6. The Hall–Kier alpha value is -2.03. The first-order valence-electron chi connectivity index (χ1n) is 5.22. The van der Waals surface area contributed by atoms with Gasteiger partial charge in [0, 0.05) is 21.9 Å². The third-order valence-electron chi connectivity index (χ3n) is 2.34. The highest BCUT2D eigenvalue weighted by molar-refractivity contribution is 7.99. The summed E-state index contributed by atoms with van der Waals surface area (Å²) in [5, 5.41) is 19.6. The van der Waals surface area contributed by atoms with E-state index in [1.165, 1.54) is 23.9 Å². The predicted octanol–water partition coefficient (Wildman–Crippen LogP) is 4.27. The Kier molecular flexibility index (Phi) is 4.05. The second-order valence-electron chi connectivity index (χ2n) is 3.61. The Morgan fingerprint density at radius 3 is 2.42 bits per heavy atom. The van der Waals surface area contributed by atoms with E-state index in [1.54, 1.807) is 30.3 Å². The van der Waals surface area contributed by atoms with E-state index in [0.717, 1.165) is 9.79 Å². The molecular formula is C13H7ClN2O2S. The van der Waals surface area contributed by atoms with Crippen LogP contribution in [0, 0.1) is 21.4 Å². The fourth-order valence-electron chi connectivity index (χ4n) is 1.41. The van der Waals surface area contributed by atoms with Crippen LogP contribution >= 0.6 is 23.4 Å². The maximum Gasteiger partial charge on any atom is 0.270 e. The third kappa shape index (κ3) is 3.25. The van der Waals surface area contributed by atoms with Gasteiger partial charge in [0.1, 0.15) is 0 Å². The van der Waals surface area contributed by atoms with Crippen molar-refractivity contribution in [2.45, 2.75) is 9.79 Å². The first-order chi connectivity index (χ1) is 9.10. The number of nitro benzene ring substituents is 1. The Bertz CT molecular complexity index is 665. The van der Waals surface area contributed by atoms with E-state index in [4.69, 9.17) is 16.9 Å². The van der Waals surface area contributed by atoms with E-state index in [0.29, 0.717) is 10.6 Å². The highest BCUT2D eigenvalue weighted by Crippen LogP contribution is 2.35. The van der Waals surface area contributed by atoms with Crippen molar-refractivity contribution in [1.82, 2.24) is 0 Å². The maximum absolute atomic E-state index is 10.6. The summed E-state index contributed by atoms with van der Waals surface area (Å²) < 4.78 is 0. The molecule has 0 aliphatic rings. The van der Waals surface area contributed by atoms with Crippen LogP contribution < -0.4 is 0 Å². The van der Waals surface area contributed by atoms with Gasteiger partial charge in [-0.2, -0.15) is 5.26 Å². The van der Waals surface area contributed by atoms with Gasteiger partial charge in [0.15, 0.2) is 0 Å². The fourth-order valence-corrected chi connectivity index (χ4v) is 2.52. The number of rotatable bonds is 3. The van der Waals surface area contributed by atoms with Crippen molar-refractivity contribution in [1.29, 1.82) is 5.26 Å². The lowest BCUT2D eigenvalue weighted by molar-refractivity contribution is -0.384. The number of nitrogens with zero attached hydrogens (tertiary/aromatic N) is 2. The van der Waals surface area contributed by atoms with E-state index in [-0.39, 0.29) is 5.69 Å². The van der Waals surface area contributed by atoms with Gasteiger partial charge in [-0.15, -0.1) is 0 Å². The summed E-state index contributed by atoms with van der Waals surface area (Å²) in [6.07, 6.45) is 0. The Balaban J connectivity index is 2.23. The standard InChI is InChI=1S/C13H7ClN2O2S/c14-12-7-10(16(17)18)3-6-13(12)19-11-4-1-9(8-15)2-5-11/h1-7H. The Morgan fingerprint density at radius 1 is 1.21 bits per heavy atom. The number of benzene rings is 2. The Labute approximate surface area is 118 Å². The van der Waals surface area contributed by atoms with Gasteiger partial charge >= 0.3 is 0 Å². The van der Waals surface area contributed by atoms with Gasteiger partial charge in [-0.3, -0.25) is 10.1 Å². The first-order valence-corrected chi connectivity index (χ1v) is 6.41. The van der Waals surface area contributed by atoms with Crippen molar-refractivity contribution in [3.05, 3.63) is 63.2 Å². The molecule has 2 rings (SSSR count). The quantitative estimate of drug-likeness (QED) is 0.625. The van der Waals surface area contributed by atoms with Gasteiger partial charge in [0.05, 0.1) is 21.6 Å². The van der Waals surface area contributed by atoms with E-state index >= 15 is 0 Å². The van der Waals surface area contributed by atoms with Crippen LogP contribution in [0.4, 0.5) is 5.69 Å². The Morgan fingerprint density at radius 2 is 1.89 bits per heavy atom. The number of hydrogen-bond donors (Lipinski definition) is 0. The monoisotopic (exact) mass is 290 g/mol. The molecule has 6 heteroatoms. The van der Waals surface area contributed by atoms with Crippen LogP contribution in [0.25, 0.3) is 0 Å². The van der Waals surface area contributed by atoms with Crippen LogP contribution in [0.2, 0.25) is 5.02 Å². The van der Waals surface area contributed by atoms with Crippen LogP contribution in [0.1, 0.15) is 5.56 Å². The van der Waals surface area contributed by atoms with E-state index in [9.17, 15) is 10.1 Å². The molecule has 19 heavy (non-hydrogen) atoms. The molecule has 0 aliphatic carbocycles. The molecule has 0 saturated heterocycles. The van der Waals surface area contributed by atoms with Crippen molar-refractivity contribution >= 4 is 29.1 Å². The lowest BCUT2D eigenvalue weighted by Crippen LogP contribution is -1.87. The predicted molar refractivity (Wildman–Crippen MR) is 73.4 cm³/mol. The zero-order valence-corrected chi connectivity index (χ0v) is 11.1. The third-order valence-corrected chi connectivity index (χ3v) is 3.85. The summed E-state index contributed by atoms with van der Waals surface area (Å²) >= 11 is 7.39.